The summed E-state index contributed by atoms with van der Waals surface area (Å²) in [5.41, 5.74) is 0. The molecule has 0 aliphatic carbocycles. The van der Waals surface area contributed by atoms with Crippen LogP contribution in [-0.2, 0) is 0 Å². The summed E-state index contributed by atoms with van der Waals surface area (Å²) in [6, 6.07) is 3.76. The maximum absolute atomic E-state index is 12.5. The molecule has 2 atom stereocenters. The Bertz CT molecular complexity index is 289. The summed E-state index contributed by atoms with van der Waals surface area (Å²) in [7, 11) is 0. The van der Waals surface area contributed by atoms with Crippen LogP contribution in [0.3, 0.4) is 0 Å². The third-order valence-corrected chi connectivity index (χ3v) is 2.92. The van der Waals surface area contributed by atoms with Crippen LogP contribution in [0.1, 0.15) is 11.7 Å². The molecule has 0 radical (unpaired) electrons. The van der Waals surface area contributed by atoms with E-state index in [1.807, 2.05) is 12.1 Å². The molecule has 2 heterocycles. The molecule has 0 saturated carbocycles. The standard InChI is InChI=1S/C9H11BrFNO/c10-9-2-1-8(13-9)7-5-12-4-6(7)3-11/h1-2,6-7,12H,3-5H2/t6-,7-/m0/s1. The van der Waals surface area contributed by atoms with E-state index >= 15 is 0 Å². The van der Waals surface area contributed by atoms with Crippen molar-refractivity contribution in [3.8, 4) is 0 Å². The Morgan fingerprint density at radius 3 is 3.00 bits per heavy atom. The molecule has 1 N–H and O–H groups in total. The van der Waals surface area contributed by atoms with E-state index in [4.69, 9.17) is 4.42 Å². The summed E-state index contributed by atoms with van der Waals surface area (Å²) >= 11 is 3.24. The Morgan fingerprint density at radius 2 is 2.38 bits per heavy atom. The maximum atomic E-state index is 12.5. The van der Waals surface area contributed by atoms with Gasteiger partial charge in [0.05, 0.1) is 6.67 Å². The number of rotatable bonds is 2. The minimum atomic E-state index is -0.282. The predicted molar refractivity (Wildman–Crippen MR) is 51.5 cm³/mol. The molecule has 1 aliphatic heterocycles. The Morgan fingerprint density at radius 1 is 1.54 bits per heavy atom. The highest BCUT2D eigenvalue weighted by Gasteiger charge is 2.30. The summed E-state index contributed by atoms with van der Waals surface area (Å²) in [4.78, 5) is 0. The number of alkyl halides is 1. The Labute approximate surface area is 84.6 Å². The SMILES string of the molecule is FC[C@H]1CNC[C@@H]1c1ccc(Br)o1. The molecular weight excluding hydrogens is 237 g/mol. The van der Waals surface area contributed by atoms with Crippen LogP contribution < -0.4 is 5.32 Å². The van der Waals surface area contributed by atoms with Gasteiger partial charge in [0.2, 0.25) is 0 Å². The van der Waals surface area contributed by atoms with Gasteiger partial charge < -0.3 is 9.73 Å². The van der Waals surface area contributed by atoms with Crippen molar-refractivity contribution in [2.45, 2.75) is 5.92 Å². The van der Waals surface area contributed by atoms with Gasteiger partial charge in [-0.25, -0.2) is 0 Å². The zero-order valence-corrected chi connectivity index (χ0v) is 8.68. The number of furan rings is 1. The molecule has 1 saturated heterocycles. The molecule has 0 aromatic carbocycles. The van der Waals surface area contributed by atoms with Gasteiger partial charge in [-0.3, -0.25) is 4.39 Å². The predicted octanol–water partition coefficient (Wildman–Crippen LogP) is 2.31. The molecule has 4 heteroatoms. The smallest absolute Gasteiger partial charge is 0.169 e. The highest BCUT2D eigenvalue weighted by Crippen LogP contribution is 2.30. The minimum Gasteiger partial charge on any atom is -0.454 e. The molecule has 1 aromatic heterocycles. The van der Waals surface area contributed by atoms with Crippen molar-refractivity contribution < 1.29 is 8.81 Å². The van der Waals surface area contributed by atoms with Crippen LogP contribution in [-0.4, -0.2) is 19.8 Å². The molecule has 13 heavy (non-hydrogen) atoms. The lowest BCUT2D eigenvalue weighted by Crippen LogP contribution is -2.12. The van der Waals surface area contributed by atoms with Crippen molar-refractivity contribution in [1.82, 2.24) is 5.32 Å². The van der Waals surface area contributed by atoms with Gasteiger partial charge in [0, 0.05) is 24.9 Å². The van der Waals surface area contributed by atoms with E-state index in [2.05, 4.69) is 21.2 Å². The number of hydrogen-bond acceptors (Lipinski definition) is 2. The fourth-order valence-corrected chi connectivity index (χ4v) is 2.07. The highest BCUT2D eigenvalue weighted by molar-refractivity contribution is 9.10. The van der Waals surface area contributed by atoms with Crippen molar-refractivity contribution in [3.05, 3.63) is 22.6 Å². The van der Waals surface area contributed by atoms with Gasteiger partial charge in [-0.05, 0) is 28.1 Å². The Kier molecular flexibility index (Phi) is 2.69. The van der Waals surface area contributed by atoms with Crippen LogP contribution in [0.25, 0.3) is 0 Å². The zero-order valence-electron chi connectivity index (χ0n) is 7.09. The van der Waals surface area contributed by atoms with Gasteiger partial charge in [0.15, 0.2) is 4.67 Å². The average Bonchev–Trinajstić information content (AvgIpc) is 2.71. The molecule has 0 spiro atoms. The Hall–Kier alpha value is -0.350. The second-order valence-electron chi connectivity index (χ2n) is 3.32. The average molecular weight is 248 g/mol. The number of hydrogen-bond donors (Lipinski definition) is 1. The normalized spacial score (nSPS) is 28.2. The minimum absolute atomic E-state index is 0.0676. The molecule has 2 nitrogen and oxygen atoms in total. The lowest BCUT2D eigenvalue weighted by Gasteiger charge is -2.11. The van der Waals surface area contributed by atoms with Crippen molar-refractivity contribution in [2.75, 3.05) is 19.8 Å². The monoisotopic (exact) mass is 247 g/mol. The van der Waals surface area contributed by atoms with Crippen LogP contribution in [0.15, 0.2) is 21.2 Å². The van der Waals surface area contributed by atoms with Gasteiger partial charge in [-0.1, -0.05) is 0 Å². The second-order valence-corrected chi connectivity index (χ2v) is 4.10. The van der Waals surface area contributed by atoms with Gasteiger partial charge in [0.25, 0.3) is 0 Å². The molecule has 0 unspecified atom stereocenters. The summed E-state index contributed by atoms with van der Waals surface area (Å²) in [5.74, 6) is 1.13. The summed E-state index contributed by atoms with van der Waals surface area (Å²) < 4.78 is 18.7. The molecule has 1 aromatic rings. The summed E-state index contributed by atoms with van der Waals surface area (Å²) in [5, 5.41) is 3.17. The van der Waals surface area contributed by atoms with Crippen LogP contribution in [0, 0.1) is 5.92 Å². The lowest BCUT2D eigenvalue weighted by molar-refractivity contribution is 0.328. The van der Waals surface area contributed by atoms with E-state index in [0.29, 0.717) is 4.67 Å². The fraction of sp³-hybridized carbons (Fsp3) is 0.556. The van der Waals surface area contributed by atoms with Crippen LogP contribution in [0.4, 0.5) is 4.39 Å². The molecule has 72 valence electrons. The zero-order chi connectivity index (χ0) is 9.26. The first-order valence-corrected chi connectivity index (χ1v) is 5.12. The molecule has 0 amide bonds. The first kappa shape index (κ1) is 9.21. The lowest BCUT2D eigenvalue weighted by atomic mass is 9.95. The van der Waals surface area contributed by atoms with Crippen molar-refractivity contribution in [2.24, 2.45) is 5.92 Å². The molecule has 0 bridgehead atoms. The van der Waals surface area contributed by atoms with E-state index in [0.717, 1.165) is 18.8 Å². The quantitative estimate of drug-likeness (QED) is 0.868. The molecule has 1 fully saturated rings. The largest absolute Gasteiger partial charge is 0.454 e. The van der Waals surface area contributed by atoms with Gasteiger partial charge >= 0.3 is 0 Å². The number of halogens is 2. The molecule has 2 rings (SSSR count). The maximum Gasteiger partial charge on any atom is 0.169 e. The summed E-state index contributed by atoms with van der Waals surface area (Å²) in [6.45, 7) is 1.28. The third-order valence-electron chi connectivity index (χ3n) is 2.50. The molecular formula is C9H11BrFNO. The number of nitrogens with one attached hydrogen (secondary N) is 1. The van der Waals surface area contributed by atoms with Gasteiger partial charge in [0.1, 0.15) is 5.76 Å². The van der Waals surface area contributed by atoms with Crippen LogP contribution in [0.5, 0.6) is 0 Å². The van der Waals surface area contributed by atoms with Gasteiger partial charge in [-0.15, -0.1) is 0 Å². The van der Waals surface area contributed by atoms with E-state index < -0.39 is 0 Å². The topological polar surface area (TPSA) is 25.2 Å². The first-order valence-electron chi connectivity index (χ1n) is 4.33. The van der Waals surface area contributed by atoms with E-state index in [1.165, 1.54) is 0 Å². The first-order chi connectivity index (χ1) is 6.31. The van der Waals surface area contributed by atoms with Gasteiger partial charge in [-0.2, -0.15) is 0 Å². The van der Waals surface area contributed by atoms with Crippen molar-refractivity contribution in [3.63, 3.8) is 0 Å². The second kappa shape index (κ2) is 3.80. The molecule has 1 aliphatic rings. The third kappa shape index (κ3) is 1.79. The van der Waals surface area contributed by atoms with E-state index in [9.17, 15) is 4.39 Å². The van der Waals surface area contributed by atoms with E-state index in [-0.39, 0.29) is 18.5 Å². The van der Waals surface area contributed by atoms with Crippen LogP contribution in [0.2, 0.25) is 0 Å². The van der Waals surface area contributed by atoms with Crippen molar-refractivity contribution >= 4 is 15.9 Å². The van der Waals surface area contributed by atoms with Crippen molar-refractivity contribution in [1.29, 1.82) is 0 Å². The Balaban J connectivity index is 2.15. The van der Waals surface area contributed by atoms with Crippen LogP contribution >= 0.6 is 15.9 Å². The fourth-order valence-electron chi connectivity index (χ4n) is 1.76. The highest BCUT2D eigenvalue weighted by atomic mass is 79.9. The summed E-state index contributed by atoms with van der Waals surface area (Å²) in [6.07, 6.45) is 0. The van der Waals surface area contributed by atoms with E-state index in [1.54, 1.807) is 0 Å².